The van der Waals surface area contributed by atoms with Gasteiger partial charge in [-0.2, -0.15) is 4.98 Å². The largest absolute Gasteiger partial charge is 0.463 e. The lowest BCUT2D eigenvalue weighted by Gasteiger charge is -2.03. The molecule has 0 aliphatic carbocycles. The molecule has 4 nitrogen and oxygen atoms in total. The summed E-state index contributed by atoms with van der Waals surface area (Å²) in [5.74, 6) is 0.690. The van der Waals surface area contributed by atoms with Gasteiger partial charge in [0.1, 0.15) is 10.7 Å². The van der Waals surface area contributed by atoms with Crippen molar-refractivity contribution in [3.63, 3.8) is 0 Å². The molecule has 0 radical (unpaired) electrons. The molecule has 22 heavy (non-hydrogen) atoms. The van der Waals surface area contributed by atoms with E-state index in [0.29, 0.717) is 21.8 Å². The topological polar surface area (TPSA) is 56.0 Å². The van der Waals surface area contributed by atoms with Gasteiger partial charge >= 0.3 is 0 Å². The summed E-state index contributed by atoms with van der Waals surface area (Å²) in [6.45, 7) is 0. The number of furan rings is 1. The van der Waals surface area contributed by atoms with Crippen molar-refractivity contribution in [2.45, 2.75) is 0 Å². The Kier molecular flexibility index (Phi) is 3.05. The van der Waals surface area contributed by atoms with E-state index >= 15 is 0 Å². The Hall–Kier alpha value is -2.79. The molecule has 4 aromatic rings. The second-order valence-electron chi connectivity index (χ2n) is 4.71. The van der Waals surface area contributed by atoms with Crippen molar-refractivity contribution in [1.29, 1.82) is 0 Å². The highest BCUT2D eigenvalue weighted by Gasteiger charge is 2.09. The van der Waals surface area contributed by atoms with Crippen LogP contribution < -0.4 is 5.56 Å². The maximum absolute atomic E-state index is 12.1. The van der Waals surface area contributed by atoms with Gasteiger partial charge in [-0.1, -0.05) is 18.2 Å². The van der Waals surface area contributed by atoms with Crippen LogP contribution in [0.5, 0.6) is 0 Å². The molecule has 0 aliphatic heterocycles. The molecule has 106 valence electrons. The van der Waals surface area contributed by atoms with E-state index in [0.717, 1.165) is 10.4 Å². The molecule has 0 spiro atoms. The Morgan fingerprint density at radius 2 is 1.73 bits per heavy atom. The van der Waals surface area contributed by atoms with Crippen molar-refractivity contribution in [1.82, 2.24) is 9.97 Å². The smallest absolute Gasteiger partial charge is 0.279 e. The van der Waals surface area contributed by atoms with E-state index in [2.05, 4.69) is 9.97 Å². The molecule has 0 bridgehead atoms. The van der Waals surface area contributed by atoms with Crippen molar-refractivity contribution in [2.24, 2.45) is 0 Å². The first kappa shape index (κ1) is 12.9. The normalized spacial score (nSPS) is 10.9. The number of nitrogens with zero attached hydrogens (tertiary/aromatic N) is 2. The maximum Gasteiger partial charge on any atom is 0.279 e. The van der Waals surface area contributed by atoms with Crippen molar-refractivity contribution in [2.75, 3.05) is 0 Å². The Labute approximate surface area is 129 Å². The molecule has 0 saturated heterocycles. The minimum atomic E-state index is -0.227. The molecule has 1 aromatic carbocycles. The summed E-state index contributed by atoms with van der Waals surface area (Å²) in [6, 6.07) is 16.7. The van der Waals surface area contributed by atoms with Gasteiger partial charge in [0.15, 0.2) is 5.76 Å². The van der Waals surface area contributed by atoms with E-state index in [9.17, 15) is 4.79 Å². The van der Waals surface area contributed by atoms with Crippen LogP contribution in [0.25, 0.3) is 32.2 Å². The Bertz CT molecular complexity index is 1010. The van der Waals surface area contributed by atoms with Crippen LogP contribution in [0.15, 0.2) is 70.1 Å². The molecule has 0 amide bonds. The number of hydrogen-bond acceptors (Lipinski definition) is 5. The monoisotopic (exact) mass is 306 g/mol. The predicted molar refractivity (Wildman–Crippen MR) is 86.8 cm³/mol. The SMILES string of the molecule is O=c1nc(-c2cccc(-c3ccco3)n2)sc2ccccc12. The third-order valence-electron chi connectivity index (χ3n) is 3.27. The highest BCUT2D eigenvalue weighted by atomic mass is 32.1. The highest BCUT2D eigenvalue weighted by Crippen LogP contribution is 2.26. The van der Waals surface area contributed by atoms with Gasteiger partial charge in [0.05, 0.1) is 17.3 Å². The Morgan fingerprint density at radius 3 is 2.59 bits per heavy atom. The molecule has 0 aliphatic rings. The predicted octanol–water partition coefficient (Wildman–Crippen LogP) is 3.98. The fourth-order valence-electron chi connectivity index (χ4n) is 2.24. The van der Waals surface area contributed by atoms with Gasteiger partial charge in [-0.15, -0.1) is 11.3 Å². The summed E-state index contributed by atoms with van der Waals surface area (Å²) in [5, 5.41) is 1.25. The van der Waals surface area contributed by atoms with Crippen LogP contribution in [0.3, 0.4) is 0 Å². The first-order valence-electron chi connectivity index (χ1n) is 6.72. The summed E-state index contributed by atoms with van der Waals surface area (Å²) >= 11 is 1.46. The van der Waals surface area contributed by atoms with Gasteiger partial charge in [-0.3, -0.25) is 4.79 Å². The van der Waals surface area contributed by atoms with Gasteiger partial charge in [-0.25, -0.2) is 4.98 Å². The van der Waals surface area contributed by atoms with E-state index in [1.807, 2.05) is 48.5 Å². The summed E-state index contributed by atoms with van der Waals surface area (Å²) in [5.41, 5.74) is 1.16. The third kappa shape index (κ3) is 2.21. The molecule has 0 saturated carbocycles. The zero-order chi connectivity index (χ0) is 14.9. The Morgan fingerprint density at radius 1 is 0.864 bits per heavy atom. The van der Waals surface area contributed by atoms with Crippen molar-refractivity contribution < 1.29 is 4.42 Å². The quantitative estimate of drug-likeness (QED) is 0.562. The number of pyridine rings is 1. The Balaban J connectivity index is 1.89. The lowest BCUT2D eigenvalue weighted by Crippen LogP contribution is -2.06. The van der Waals surface area contributed by atoms with E-state index in [1.165, 1.54) is 11.3 Å². The fraction of sp³-hybridized carbons (Fsp3) is 0. The van der Waals surface area contributed by atoms with Crippen LogP contribution in [0.4, 0.5) is 0 Å². The number of hydrogen-bond donors (Lipinski definition) is 0. The van der Waals surface area contributed by atoms with E-state index in [1.54, 1.807) is 12.3 Å². The number of benzene rings is 1. The molecule has 0 N–H and O–H groups in total. The molecule has 3 heterocycles. The molecule has 0 unspecified atom stereocenters. The summed E-state index contributed by atoms with van der Waals surface area (Å²) in [6.07, 6.45) is 1.61. The van der Waals surface area contributed by atoms with Gasteiger partial charge in [0.2, 0.25) is 0 Å². The van der Waals surface area contributed by atoms with Crippen LogP contribution in [0.1, 0.15) is 0 Å². The van der Waals surface area contributed by atoms with Crippen LogP contribution in [-0.2, 0) is 0 Å². The first-order chi connectivity index (χ1) is 10.8. The minimum Gasteiger partial charge on any atom is -0.463 e. The first-order valence-corrected chi connectivity index (χ1v) is 7.54. The molecule has 5 heteroatoms. The van der Waals surface area contributed by atoms with Crippen LogP contribution in [-0.4, -0.2) is 9.97 Å². The zero-order valence-corrected chi connectivity index (χ0v) is 12.2. The van der Waals surface area contributed by atoms with Crippen LogP contribution in [0, 0.1) is 0 Å². The van der Waals surface area contributed by atoms with Crippen LogP contribution >= 0.6 is 11.3 Å². The lowest BCUT2D eigenvalue weighted by atomic mass is 10.2. The van der Waals surface area contributed by atoms with Crippen molar-refractivity contribution >= 4 is 21.4 Å². The summed E-state index contributed by atoms with van der Waals surface area (Å²) in [4.78, 5) is 20.8. The number of aromatic nitrogens is 2. The lowest BCUT2D eigenvalue weighted by molar-refractivity contribution is 0.580. The third-order valence-corrected chi connectivity index (χ3v) is 4.34. The highest BCUT2D eigenvalue weighted by molar-refractivity contribution is 7.21. The molecule has 0 atom stereocenters. The molecule has 3 aromatic heterocycles. The zero-order valence-electron chi connectivity index (χ0n) is 11.4. The average Bonchev–Trinajstić information content (AvgIpc) is 3.09. The second-order valence-corrected chi connectivity index (χ2v) is 5.74. The van der Waals surface area contributed by atoms with E-state index in [-0.39, 0.29) is 5.56 Å². The standard InChI is InChI=1S/C17H10N2O2S/c20-16-11-5-1-2-9-15(11)22-17(19-16)13-7-3-6-12(18-13)14-8-4-10-21-14/h1-10H. The second kappa shape index (κ2) is 5.20. The average molecular weight is 306 g/mol. The molecule has 0 fully saturated rings. The fourth-order valence-corrected chi connectivity index (χ4v) is 3.20. The maximum atomic E-state index is 12.1. The minimum absolute atomic E-state index is 0.227. The van der Waals surface area contributed by atoms with Gasteiger partial charge < -0.3 is 4.42 Å². The van der Waals surface area contributed by atoms with Gasteiger partial charge in [-0.05, 0) is 36.4 Å². The van der Waals surface area contributed by atoms with E-state index in [4.69, 9.17) is 4.42 Å². The van der Waals surface area contributed by atoms with Crippen molar-refractivity contribution in [3.8, 4) is 22.2 Å². The van der Waals surface area contributed by atoms with Crippen molar-refractivity contribution in [3.05, 3.63) is 71.2 Å². The molecular formula is C17H10N2O2S. The summed E-state index contributed by atoms with van der Waals surface area (Å²) < 4.78 is 6.27. The van der Waals surface area contributed by atoms with Gasteiger partial charge in [0, 0.05) is 4.70 Å². The molecular weight excluding hydrogens is 296 g/mol. The number of fused-ring (bicyclic) bond motifs is 1. The summed E-state index contributed by atoms with van der Waals surface area (Å²) in [7, 11) is 0. The van der Waals surface area contributed by atoms with E-state index < -0.39 is 0 Å². The van der Waals surface area contributed by atoms with Gasteiger partial charge in [0.25, 0.3) is 5.56 Å². The molecule has 4 rings (SSSR count). The van der Waals surface area contributed by atoms with Crippen LogP contribution in [0.2, 0.25) is 0 Å². The number of rotatable bonds is 2.